The predicted molar refractivity (Wildman–Crippen MR) is 56.7 cm³/mol. The van der Waals surface area contributed by atoms with E-state index in [0.717, 1.165) is 12.1 Å². The van der Waals surface area contributed by atoms with Crippen LogP contribution in [0.3, 0.4) is 0 Å². The highest BCUT2D eigenvalue weighted by atomic mass is 16.4. The maximum atomic E-state index is 10.9. The van der Waals surface area contributed by atoms with Crippen molar-refractivity contribution in [2.75, 3.05) is 0 Å². The Balaban J connectivity index is 3.63. The van der Waals surface area contributed by atoms with Crippen LogP contribution in [-0.2, 0) is 6.42 Å². The molecule has 3 N–H and O–H groups in total. The summed E-state index contributed by atoms with van der Waals surface area (Å²) >= 11 is 0. The molecule has 17 heavy (non-hydrogen) atoms. The molecule has 0 fully saturated rings. The highest BCUT2D eigenvalue weighted by Gasteiger charge is 2.20. The van der Waals surface area contributed by atoms with Crippen LogP contribution >= 0.6 is 0 Å². The molecule has 0 aromatic heterocycles. The van der Waals surface area contributed by atoms with E-state index >= 15 is 0 Å². The normalized spacial score (nSPS) is 9.94. The number of carboxylic acid groups (broad SMARTS) is 3. The van der Waals surface area contributed by atoms with E-state index in [0.29, 0.717) is 0 Å². The minimum atomic E-state index is -1.36. The lowest BCUT2D eigenvalue weighted by Crippen LogP contribution is -2.12. The molecule has 0 heterocycles. The van der Waals surface area contributed by atoms with E-state index in [9.17, 15) is 14.4 Å². The predicted octanol–water partition coefficient (Wildman–Crippen LogP) is 1.34. The van der Waals surface area contributed by atoms with Crippen molar-refractivity contribution in [1.82, 2.24) is 0 Å². The molecule has 0 saturated heterocycles. The molecule has 90 valence electrons. The fourth-order valence-corrected chi connectivity index (χ4v) is 1.56. The highest BCUT2D eigenvalue weighted by molar-refractivity contribution is 6.01. The lowest BCUT2D eigenvalue weighted by Gasteiger charge is -2.09. The molecule has 0 aliphatic rings. The smallest absolute Gasteiger partial charge is 0.336 e. The summed E-state index contributed by atoms with van der Waals surface area (Å²) in [6.07, 6.45) is 0.198. The van der Waals surface area contributed by atoms with Crippen LogP contribution in [0.25, 0.3) is 0 Å². The molecule has 0 saturated carbocycles. The number of hydrogen-bond donors (Lipinski definition) is 3. The minimum absolute atomic E-state index is 0.120. The van der Waals surface area contributed by atoms with Crippen molar-refractivity contribution in [3.8, 4) is 0 Å². The van der Waals surface area contributed by atoms with Crippen LogP contribution < -0.4 is 0 Å². The molecule has 1 aromatic rings. The Bertz CT molecular complexity index is 468. The zero-order valence-electron chi connectivity index (χ0n) is 8.93. The van der Waals surface area contributed by atoms with E-state index in [-0.39, 0.29) is 28.7 Å². The number of rotatable bonds is 4. The third-order valence-corrected chi connectivity index (χ3v) is 2.31. The van der Waals surface area contributed by atoms with Crippen molar-refractivity contribution >= 4 is 17.9 Å². The van der Waals surface area contributed by atoms with Gasteiger partial charge in [0, 0.05) is 0 Å². The van der Waals surface area contributed by atoms with Crippen molar-refractivity contribution in [2.45, 2.75) is 13.3 Å². The standard InChI is InChI=1S/C11H10O6/c1-2-6-7(10(14)15)3-5(9(12)13)4-8(6)11(16)17/h3-4H,2H2,1H3,(H,12,13)(H,14,15)(H,16,17). The molecule has 0 spiro atoms. The second-order valence-corrected chi connectivity index (χ2v) is 3.32. The fraction of sp³-hybridized carbons (Fsp3) is 0.182. The molecule has 0 unspecified atom stereocenters. The van der Waals surface area contributed by atoms with Crippen molar-refractivity contribution in [1.29, 1.82) is 0 Å². The first kappa shape index (κ1) is 12.7. The molecule has 0 atom stereocenters. The molecule has 1 aromatic carbocycles. The lowest BCUT2D eigenvalue weighted by molar-refractivity contribution is 0.0695. The van der Waals surface area contributed by atoms with Gasteiger partial charge in [-0.3, -0.25) is 0 Å². The van der Waals surface area contributed by atoms with E-state index < -0.39 is 17.9 Å². The summed E-state index contributed by atoms with van der Waals surface area (Å²) in [7, 11) is 0. The van der Waals surface area contributed by atoms with Gasteiger partial charge in [-0.15, -0.1) is 0 Å². The summed E-state index contributed by atoms with van der Waals surface area (Å²) in [5.74, 6) is -4.04. The molecular weight excluding hydrogens is 228 g/mol. The van der Waals surface area contributed by atoms with Gasteiger partial charge in [0.1, 0.15) is 0 Å². The highest BCUT2D eigenvalue weighted by Crippen LogP contribution is 2.19. The van der Waals surface area contributed by atoms with Crippen LogP contribution in [0.5, 0.6) is 0 Å². The van der Waals surface area contributed by atoms with Gasteiger partial charge in [-0.05, 0) is 24.1 Å². The van der Waals surface area contributed by atoms with Gasteiger partial charge in [0.25, 0.3) is 0 Å². The molecule has 6 nitrogen and oxygen atoms in total. The Morgan fingerprint density at radius 2 is 1.35 bits per heavy atom. The molecule has 6 heteroatoms. The van der Waals surface area contributed by atoms with Crippen LogP contribution in [0.2, 0.25) is 0 Å². The Kier molecular flexibility index (Phi) is 3.47. The Morgan fingerprint density at radius 3 is 1.59 bits per heavy atom. The summed E-state index contributed by atoms with van der Waals surface area (Å²) in [4.78, 5) is 32.7. The monoisotopic (exact) mass is 238 g/mol. The molecule has 0 aliphatic carbocycles. The van der Waals surface area contributed by atoms with E-state index in [2.05, 4.69) is 0 Å². The van der Waals surface area contributed by atoms with Crippen molar-refractivity contribution in [3.05, 3.63) is 34.4 Å². The molecule has 1 rings (SSSR count). The zero-order chi connectivity index (χ0) is 13.2. The topological polar surface area (TPSA) is 112 Å². The third kappa shape index (κ3) is 2.41. The first-order valence-electron chi connectivity index (χ1n) is 4.75. The van der Waals surface area contributed by atoms with Gasteiger partial charge in [-0.1, -0.05) is 6.92 Å². The number of carboxylic acids is 3. The Labute approximate surface area is 96.1 Å². The quantitative estimate of drug-likeness (QED) is 0.729. The summed E-state index contributed by atoms with van der Waals surface area (Å²) in [5, 5.41) is 26.6. The van der Waals surface area contributed by atoms with Gasteiger partial charge in [-0.25, -0.2) is 14.4 Å². The maximum Gasteiger partial charge on any atom is 0.336 e. The summed E-state index contributed by atoms with van der Waals surface area (Å²) in [5.41, 5.74) is -0.804. The molecule has 0 aliphatic heterocycles. The summed E-state index contributed by atoms with van der Waals surface area (Å²) < 4.78 is 0. The van der Waals surface area contributed by atoms with Gasteiger partial charge < -0.3 is 15.3 Å². The maximum absolute atomic E-state index is 10.9. The molecular formula is C11H10O6. The van der Waals surface area contributed by atoms with E-state index in [1.807, 2.05) is 0 Å². The van der Waals surface area contributed by atoms with E-state index in [1.165, 1.54) is 0 Å². The largest absolute Gasteiger partial charge is 0.478 e. The van der Waals surface area contributed by atoms with Crippen LogP contribution in [0, 0.1) is 0 Å². The molecule has 0 bridgehead atoms. The fourth-order valence-electron chi connectivity index (χ4n) is 1.56. The average molecular weight is 238 g/mol. The van der Waals surface area contributed by atoms with Crippen LogP contribution in [0.4, 0.5) is 0 Å². The second-order valence-electron chi connectivity index (χ2n) is 3.32. The minimum Gasteiger partial charge on any atom is -0.478 e. The average Bonchev–Trinajstić information content (AvgIpc) is 2.26. The van der Waals surface area contributed by atoms with Gasteiger partial charge >= 0.3 is 17.9 Å². The number of hydrogen-bond acceptors (Lipinski definition) is 3. The lowest BCUT2D eigenvalue weighted by atomic mass is 9.95. The van der Waals surface area contributed by atoms with Gasteiger partial charge in [0.2, 0.25) is 0 Å². The summed E-state index contributed by atoms with van der Waals surface area (Å²) in [6, 6.07) is 1.94. The van der Waals surface area contributed by atoms with Gasteiger partial charge in [0.15, 0.2) is 0 Å². The van der Waals surface area contributed by atoms with Crippen molar-refractivity contribution < 1.29 is 29.7 Å². The van der Waals surface area contributed by atoms with Crippen LogP contribution in [0.15, 0.2) is 12.1 Å². The summed E-state index contributed by atoms with van der Waals surface area (Å²) in [6.45, 7) is 1.61. The SMILES string of the molecule is CCc1c(C(=O)O)cc(C(=O)O)cc1C(=O)O. The van der Waals surface area contributed by atoms with Gasteiger partial charge in [0.05, 0.1) is 16.7 Å². The Morgan fingerprint density at radius 1 is 0.941 bits per heavy atom. The number of benzene rings is 1. The van der Waals surface area contributed by atoms with Gasteiger partial charge in [-0.2, -0.15) is 0 Å². The van der Waals surface area contributed by atoms with Crippen LogP contribution in [0.1, 0.15) is 43.6 Å². The van der Waals surface area contributed by atoms with E-state index in [1.54, 1.807) is 6.92 Å². The van der Waals surface area contributed by atoms with E-state index in [4.69, 9.17) is 15.3 Å². The van der Waals surface area contributed by atoms with Crippen molar-refractivity contribution in [3.63, 3.8) is 0 Å². The number of carbonyl (C=O) groups is 3. The first-order chi connectivity index (χ1) is 7.88. The first-order valence-corrected chi connectivity index (χ1v) is 4.75. The molecule has 0 radical (unpaired) electrons. The third-order valence-electron chi connectivity index (χ3n) is 2.31. The Hall–Kier alpha value is -2.37. The number of aromatic carboxylic acids is 3. The van der Waals surface area contributed by atoms with Crippen LogP contribution in [-0.4, -0.2) is 33.2 Å². The van der Waals surface area contributed by atoms with Crippen molar-refractivity contribution in [2.24, 2.45) is 0 Å². The zero-order valence-corrected chi connectivity index (χ0v) is 8.93. The molecule has 0 amide bonds. The second kappa shape index (κ2) is 4.65.